The van der Waals surface area contributed by atoms with E-state index in [1.165, 1.54) is 12.4 Å². The number of aliphatic hydroxyl groups excluding tert-OH is 3. The summed E-state index contributed by atoms with van der Waals surface area (Å²) in [5.41, 5.74) is -0.447. The largest absolute Gasteiger partial charge is 0.394 e. The Morgan fingerprint density at radius 2 is 2.19 bits per heavy atom. The van der Waals surface area contributed by atoms with Gasteiger partial charge in [-0.1, -0.05) is 0 Å². The molecule has 2 rings (SSSR count). The number of hydrogen-bond acceptors (Lipinski definition) is 6. The van der Waals surface area contributed by atoms with Crippen LogP contribution in [0.15, 0.2) is 23.4 Å². The molecule has 4 atom stereocenters. The number of aliphatic hydroxyl groups is 3. The molecule has 0 bridgehead atoms. The minimum Gasteiger partial charge on any atom is -0.394 e. The van der Waals surface area contributed by atoms with Crippen molar-refractivity contribution < 1.29 is 20.1 Å². The van der Waals surface area contributed by atoms with Crippen molar-refractivity contribution in [1.29, 1.82) is 0 Å². The van der Waals surface area contributed by atoms with E-state index in [1.807, 2.05) is 0 Å². The highest BCUT2D eigenvalue weighted by atomic mass is 16.6. The molecule has 0 aliphatic carbocycles. The van der Waals surface area contributed by atoms with Crippen LogP contribution in [0.1, 0.15) is 6.23 Å². The van der Waals surface area contributed by atoms with E-state index in [-0.39, 0.29) is 0 Å². The van der Waals surface area contributed by atoms with Crippen molar-refractivity contribution in [2.24, 2.45) is 0 Å². The van der Waals surface area contributed by atoms with Crippen LogP contribution in [0, 0.1) is 0 Å². The predicted octanol–water partition coefficient (Wildman–Crippen LogP) is -2.15. The van der Waals surface area contributed by atoms with Crippen molar-refractivity contribution >= 4 is 0 Å². The summed E-state index contributed by atoms with van der Waals surface area (Å²) in [6.45, 7) is -0.422. The quantitative estimate of drug-likeness (QED) is 0.533. The third-order valence-corrected chi connectivity index (χ3v) is 2.54. The molecule has 0 amide bonds. The van der Waals surface area contributed by atoms with E-state index < -0.39 is 36.7 Å². The second-order valence-electron chi connectivity index (χ2n) is 3.55. The van der Waals surface area contributed by atoms with Crippen LogP contribution in [-0.4, -0.2) is 49.8 Å². The molecule has 1 fully saturated rings. The molecule has 3 N–H and O–H groups in total. The minimum absolute atomic E-state index is 0.422. The second kappa shape index (κ2) is 4.30. The molecule has 0 saturated carbocycles. The van der Waals surface area contributed by atoms with Crippen molar-refractivity contribution in [2.75, 3.05) is 6.61 Å². The third-order valence-electron chi connectivity index (χ3n) is 2.54. The third kappa shape index (κ3) is 1.74. The van der Waals surface area contributed by atoms with Crippen LogP contribution < -0.4 is 5.56 Å². The zero-order chi connectivity index (χ0) is 11.7. The highest BCUT2D eigenvalue weighted by Gasteiger charge is 2.43. The minimum atomic E-state index is -1.25. The standard InChI is InChI=1S/C9H12N2O5/c12-4-5-7(14)8(15)9(16-5)11-2-1-10-3-6(11)13/h1-3,5,7-9,12,14-15H,4H2/t5-,7-,8-,9-/m1/s1. The van der Waals surface area contributed by atoms with Gasteiger partial charge in [-0.05, 0) is 0 Å². The fourth-order valence-electron chi connectivity index (χ4n) is 1.68. The molecule has 0 radical (unpaired) electrons. The van der Waals surface area contributed by atoms with Gasteiger partial charge in [0.1, 0.15) is 18.3 Å². The molecular weight excluding hydrogens is 216 g/mol. The van der Waals surface area contributed by atoms with Crippen LogP contribution >= 0.6 is 0 Å². The Bertz CT molecular complexity index is 420. The molecule has 1 saturated heterocycles. The maximum Gasteiger partial charge on any atom is 0.271 e. The summed E-state index contributed by atoms with van der Waals surface area (Å²) < 4.78 is 6.31. The van der Waals surface area contributed by atoms with Gasteiger partial charge < -0.3 is 20.1 Å². The number of rotatable bonds is 2. The van der Waals surface area contributed by atoms with Crippen molar-refractivity contribution in [3.05, 3.63) is 28.9 Å². The zero-order valence-electron chi connectivity index (χ0n) is 8.30. The Hall–Kier alpha value is -1.28. The number of ether oxygens (including phenoxy) is 1. The van der Waals surface area contributed by atoms with Crippen LogP contribution in [0.2, 0.25) is 0 Å². The van der Waals surface area contributed by atoms with Crippen LogP contribution in [-0.2, 0) is 4.74 Å². The average Bonchev–Trinajstić information content (AvgIpc) is 2.57. The Labute approximate surface area is 90.6 Å². The normalized spacial score (nSPS) is 34.2. The first-order chi connectivity index (χ1) is 7.65. The van der Waals surface area contributed by atoms with Gasteiger partial charge in [0.05, 0.1) is 12.8 Å². The summed E-state index contributed by atoms with van der Waals surface area (Å²) in [6.07, 6.45) is -0.553. The smallest absolute Gasteiger partial charge is 0.271 e. The Morgan fingerprint density at radius 1 is 1.44 bits per heavy atom. The lowest BCUT2D eigenvalue weighted by molar-refractivity contribution is -0.0545. The molecule has 7 nitrogen and oxygen atoms in total. The van der Waals surface area contributed by atoms with Crippen LogP contribution in [0.3, 0.4) is 0 Å². The summed E-state index contributed by atoms with van der Waals surface area (Å²) in [6, 6.07) is 0. The van der Waals surface area contributed by atoms with Crippen LogP contribution in [0.25, 0.3) is 0 Å². The lowest BCUT2D eigenvalue weighted by Gasteiger charge is -2.16. The second-order valence-corrected chi connectivity index (χ2v) is 3.55. The summed E-state index contributed by atoms with van der Waals surface area (Å²) >= 11 is 0. The molecule has 0 aromatic carbocycles. The maximum atomic E-state index is 11.4. The van der Waals surface area contributed by atoms with Crippen molar-refractivity contribution in [3.8, 4) is 0 Å². The van der Waals surface area contributed by atoms with Gasteiger partial charge in [0, 0.05) is 12.4 Å². The van der Waals surface area contributed by atoms with Crippen LogP contribution in [0.4, 0.5) is 0 Å². The molecule has 7 heteroatoms. The van der Waals surface area contributed by atoms with E-state index in [0.29, 0.717) is 0 Å². The van der Waals surface area contributed by atoms with E-state index in [1.54, 1.807) is 0 Å². The highest BCUT2D eigenvalue weighted by molar-refractivity contribution is 4.92. The summed E-state index contributed by atoms with van der Waals surface area (Å²) in [4.78, 5) is 15.0. The van der Waals surface area contributed by atoms with E-state index in [9.17, 15) is 15.0 Å². The van der Waals surface area contributed by atoms with Gasteiger partial charge in [-0.15, -0.1) is 0 Å². The molecule has 1 aromatic heterocycles. The van der Waals surface area contributed by atoms with Gasteiger partial charge in [-0.2, -0.15) is 0 Å². The Morgan fingerprint density at radius 3 is 2.75 bits per heavy atom. The van der Waals surface area contributed by atoms with Gasteiger partial charge in [0.2, 0.25) is 0 Å². The van der Waals surface area contributed by atoms with Gasteiger partial charge in [0.15, 0.2) is 6.23 Å². The fourth-order valence-corrected chi connectivity index (χ4v) is 1.68. The van der Waals surface area contributed by atoms with Crippen molar-refractivity contribution in [3.63, 3.8) is 0 Å². The Balaban J connectivity index is 2.30. The molecule has 0 spiro atoms. The topological polar surface area (TPSA) is 105 Å². The average molecular weight is 228 g/mol. The number of nitrogens with zero attached hydrogens (tertiary/aromatic N) is 2. The van der Waals surface area contributed by atoms with Gasteiger partial charge in [0.25, 0.3) is 5.56 Å². The van der Waals surface area contributed by atoms with Gasteiger partial charge in [-0.25, -0.2) is 0 Å². The van der Waals surface area contributed by atoms with E-state index >= 15 is 0 Å². The number of aromatic nitrogens is 2. The van der Waals surface area contributed by atoms with Gasteiger partial charge >= 0.3 is 0 Å². The first-order valence-corrected chi connectivity index (χ1v) is 4.79. The molecule has 1 aliphatic heterocycles. The summed E-state index contributed by atoms with van der Waals surface area (Å²) in [5.74, 6) is 0. The monoisotopic (exact) mass is 228 g/mol. The number of hydrogen-bond donors (Lipinski definition) is 3. The molecule has 1 aliphatic rings. The zero-order valence-corrected chi connectivity index (χ0v) is 8.30. The lowest BCUT2D eigenvalue weighted by atomic mass is 10.1. The van der Waals surface area contributed by atoms with E-state index in [2.05, 4.69) is 4.98 Å². The molecule has 1 aromatic rings. The summed E-state index contributed by atoms with van der Waals surface area (Å²) in [7, 11) is 0. The molecule has 16 heavy (non-hydrogen) atoms. The van der Waals surface area contributed by atoms with Crippen molar-refractivity contribution in [1.82, 2.24) is 9.55 Å². The SMILES string of the molecule is O=c1cnccn1[C@@H]1O[C@H](CO)[C@@H](O)[C@H]1O. The fraction of sp³-hybridized carbons (Fsp3) is 0.556. The van der Waals surface area contributed by atoms with E-state index in [4.69, 9.17) is 9.84 Å². The van der Waals surface area contributed by atoms with E-state index in [0.717, 1.165) is 10.8 Å². The van der Waals surface area contributed by atoms with Crippen molar-refractivity contribution in [2.45, 2.75) is 24.5 Å². The maximum absolute atomic E-state index is 11.4. The van der Waals surface area contributed by atoms with Crippen LogP contribution in [0.5, 0.6) is 0 Å². The van der Waals surface area contributed by atoms with Gasteiger partial charge in [-0.3, -0.25) is 14.3 Å². The first-order valence-electron chi connectivity index (χ1n) is 4.79. The predicted molar refractivity (Wildman–Crippen MR) is 51.5 cm³/mol. The summed E-state index contributed by atoms with van der Waals surface area (Å²) in [5, 5.41) is 28.1. The molecule has 88 valence electrons. The highest BCUT2D eigenvalue weighted by Crippen LogP contribution is 2.27. The molecule has 2 heterocycles. The molecular formula is C9H12N2O5. The molecule has 0 unspecified atom stereocenters. The Kier molecular flexibility index (Phi) is 3.01. The lowest BCUT2D eigenvalue weighted by Crippen LogP contribution is -2.35. The first kappa shape index (κ1) is 11.2.